The average Bonchev–Trinajstić information content (AvgIpc) is 2.88. The maximum atomic E-state index is 11.4. The van der Waals surface area contributed by atoms with E-state index in [1.54, 1.807) is 4.68 Å². The first-order valence-electron chi connectivity index (χ1n) is 5.89. The summed E-state index contributed by atoms with van der Waals surface area (Å²) in [7, 11) is 0. The van der Waals surface area contributed by atoms with Gasteiger partial charge in [0.1, 0.15) is 0 Å². The maximum absolute atomic E-state index is 11.4. The first-order chi connectivity index (χ1) is 8.27. The van der Waals surface area contributed by atoms with E-state index in [-0.39, 0.29) is 6.04 Å². The van der Waals surface area contributed by atoms with Crippen LogP contribution in [0.1, 0.15) is 40.6 Å². The van der Waals surface area contributed by atoms with Gasteiger partial charge >= 0.3 is 5.97 Å². The smallest absolute Gasteiger partial charge is 0.354 e. The lowest BCUT2D eigenvalue weighted by Crippen LogP contribution is -2.24. The zero-order valence-corrected chi connectivity index (χ0v) is 9.48. The molecule has 3 rings (SSSR count). The van der Waals surface area contributed by atoms with Crippen molar-refractivity contribution < 1.29 is 14.6 Å². The molecule has 17 heavy (non-hydrogen) atoms. The number of nitrogens with zero attached hydrogens (tertiary/aromatic N) is 2. The van der Waals surface area contributed by atoms with Crippen LogP contribution in [-0.4, -0.2) is 34.1 Å². The van der Waals surface area contributed by atoms with Crippen molar-refractivity contribution in [2.24, 2.45) is 0 Å². The zero-order valence-electron chi connectivity index (χ0n) is 9.48. The number of fused-ring (bicyclic) bond motifs is 1. The van der Waals surface area contributed by atoms with Crippen molar-refractivity contribution in [3.63, 3.8) is 0 Å². The molecule has 0 atom stereocenters. The van der Waals surface area contributed by atoms with Crippen LogP contribution < -0.4 is 5.32 Å². The average molecular weight is 237 g/mol. The van der Waals surface area contributed by atoms with Gasteiger partial charge in [-0.1, -0.05) is 0 Å². The molecule has 0 bridgehead atoms. The van der Waals surface area contributed by atoms with Crippen LogP contribution in [-0.2, 0) is 17.8 Å². The van der Waals surface area contributed by atoms with Crippen LogP contribution in [0.15, 0.2) is 0 Å². The molecule has 1 aromatic rings. The quantitative estimate of drug-likeness (QED) is 0.785. The fourth-order valence-electron chi connectivity index (χ4n) is 2.57. The summed E-state index contributed by atoms with van der Waals surface area (Å²) in [5.41, 5.74) is 2.09. The number of aromatic carboxylic acids is 1. The summed E-state index contributed by atoms with van der Waals surface area (Å²) in [5.74, 6) is -0.881. The van der Waals surface area contributed by atoms with Crippen LogP contribution in [0.4, 0.5) is 0 Å². The van der Waals surface area contributed by atoms with Crippen LogP contribution in [0.5, 0.6) is 0 Å². The topological polar surface area (TPSA) is 76.4 Å². The van der Waals surface area contributed by atoms with Crippen molar-refractivity contribution in [1.82, 2.24) is 15.1 Å². The molecule has 92 valence electrons. The molecule has 6 heteroatoms. The summed E-state index contributed by atoms with van der Waals surface area (Å²) in [4.78, 5) is 11.4. The van der Waals surface area contributed by atoms with Crippen molar-refractivity contribution in [2.45, 2.75) is 32.0 Å². The minimum absolute atomic E-state index is 0.167. The van der Waals surface area contributed by atoms with Gasteiger partial charge in [-0.05, 0) is 12.8 Å². The third-order valence-corrected chi connectivity index (χ3v) is 3.43. The van der Waals surface area contributed by atoms with Gasteiger partial charge in [0.15, 0.2) is 5.69 Å². The molecule has 0 saturated carbocycles. The van der Waals surface area contributed by atoms with Gasteiger partial charge in [0.25, 0.3) is 0 Å². The molecule has 0 spiro atoms. The van der Waals surface area contributed by atoms with Gasteiger partial charge in [-0.25, -0.2) is 4.79 Å². The van der Waals surface area contributed by atoms with Crippen molar-refractivity contribution in [3.05, 3.63) is 17.0 Å². The van der Waals surface area contributed by atoms with Crippen molar-refractivity contribution in [1.29, 1.82) is 0 Å². The lowest BCUT2D eigenvalue weighted by molar-refractivity contribution is 0.0581. The summed E-state index contributed by atoms with van der Waals surface area (Å²) in [6.45, 7) is 2.66. The number of carboxylic acids is 1. The normalized spacial score (nSPS) is 20.5. The number of aromatic nitrogens is 2. The minimum atomic E-state index is -0.881. The first kappa shape index (κ1) is 10.7. The number of carbonyl (C=O) groups is 1. The molecule has 2 aliphatic rings. The van der Waals surface area contributed by atoms with Crippen LogP contribution in [0.3, 0.4) is 0 Å². The fraction of sp³-hybridized carbons (Fsp3) is 0.636. The molecule has 6 nitrogen and oxygen atoms in total. The highest BCUT2D eigenvalue weighted by molar-refractivity contribution is 5.88. The molecule has 3 heterocycles. The SMILES string of the molecule is O=C(O)c1c2c(nn1C1CCOCC1)CNC2. The van der Waals surface area contributed by atoms with Gasteiger partial charge in [-0.2, -0.15) is 5.10 Å². The predicted molar refractivity (Wildman–Crippen MR) is 58.8 cm³/mol. The Kier molecular flexibility index (Phi) is 2.60. The highest BCUT2D eigenvalue weighted by atomic mass is 16.5. The lowest BCUT2D eigenvalue weighted by atomic mass is 10.1. The Morgan fingerprint density at radius 1 is 1.41 bits per heavy atom. The molecular weight excluding hydrogens is 222 g/mol. The van der Waals surface area contributed by atoms with E-state index in [9.17, 15) is 9.90 Å². The van der Waals surface area contributed by atoms with Crippen molar-refractivity contribution in [3.8, 4) is 0 Å². The van der Waals surface area contributed by atoms with E-state index in [0.29, 0.717) is 32.0 Å². The molecule has 0 aliphatic carbocycles. The number of hydrogen-bond donors (Lipinski definition) is 2. The Balaban J connectivity index is 2.00. The lowest BCUT2D eigenvalue weighted by Gasteiger charge is -2.23. The van der Waals surface area contributed by atoms with Crippen LogP contribution in [0.25, 0.3) is 0 Å². The van der Waals surface area contributed by atoms with E-state index in [1.807, 2.05) is 0 Å². The van der Waals surface area contributed by atoms with Gasteiger partial charge in [0.05, 0.1) is 11.7 Å². The van der Waals surface area contributed by atoms with E-state index in [4.69, 9.17) is 4.74 Å². The standard InChI is InChI=1S/C11H15N3O3/c15-11(16)10-8-5-12-6-9(8)13-14(10)7-1-3-17-4-2-7/h7,12H,1-6H2,(H,15,16). The molecule has 1 fully saturated rings. The second-order valence-electron chi connectivity index (χ2n) is 4.47. The zero-order chi connectivity index (χ0) is 11.8. The van der Waals surface area contributed by atoms with Gasteiger partial charge in [-0.3, -0.25) is 4.68 Å². The summed E-state index contributed by atoms with van der Waals surface area (Å²) in [6, 6.07) is 0.167. The number of carboxylic acid groups (broad SMARTS) is 1. The summed E-state index contributed by atoms with van der Waals surface area (Å²) in [5, 5.41) is 16.9. The molecule has 2 aliphatic heterocycles. The van der Waals surface area contributed by atoms with E-state index in [2.05, 4.69) is 10.4 Å². The summed E-state index contributed by atoms with van der Waals surface area (Å²) in [6.07, 6.45) is 1.68. The third-order valence-electron chi connectivity index (χ3n) is 3.43. The van der Waals surface area contributed by atoms with Crippen LogP contribution in [0.2, 0.25) is 0 Å². The Bertz CT molecular complexity index is 449. The maximum Gasteiger partial charge on any atom is 0.354 e. The Morgan fingerprint density at radius 2 is 2.18 bits per heavy atom. The Labute approximate surface area is 98.6 Å². The highest BCUT2D eigenvalue weighted by Gasteiger charge is 2.30. The van der Waals surface area contributed by atoms with Crippen molar-refractivity contribution in [2.75, 3.05) is 13.2 Å². The highest BCUT2D eigenvalue weighted by Crippen LogP contribution is 2.27. The number of nitrogens with one attached hydrogen (secondary N) is 1. The van der Waals surface area contributed by atoms with Gasteiger partial charge in [-0.15, -0.1) is 0 Å². The molecule has 1 aromatic heterocycles. The molecule has 0 amide bonds. The second-order valence-corrected chi connectivity index (χ2v) is 4.47. The van der Waals surface area contributed by atoms with E-state index < -0.39 is 5.97 Å². The van der Waals surface area contributed by atoms with Crippen molar-refractivity contribution >= 4 is 5.97 Å². The van der Waals surface area contributed by atoms with E-state index >= 15 is 0 Å². The Hall–Kier alpha value is -1.40. The van der Waals surface area contributed by atoms with Gasteiger partial charge in [0, 0.05) is 31.9 Å². The Morgan fingerprint density at radius 3 is 2.88 bits per heavy atom. The second kappa shape index (κ2) is 4.12. The largest absolute Gasteiger partial charge is 0.477 e. The molecular formula is C11H15N3O3. The first-order valence-corrected chi connectivity index (χ1v) is 5.89. The third kappa shape index (κ3) is 1.73. The molecule has 1 saturated heterocycles. The molecule has 0 radical (unpaired) electrons. The number of ether oxygens (including phenoxy) is 1. The van der Waals surface area contributed by atoms with Crippen LogP contribution in [0, 0.1) is 0 Å². The molecule has 2 N–H and O–H groups in total. The summed E-state index contributed by atoms with van der Waals surface area (Å²) < 4.78 is 7.00. The molecule has 0 unspecified atom stereocenters. The van der Waals surface area contributed by atoms with Crippen LogP contribution >= 0.6 is 0 Å². The minimum Gasteiger partial charge on any atom is -0.477 e. The number of hydrogen-bond acceptors (Lipinski definition) is 4. The predicted octanol–water partition coefficient (Wildman–Crippen LogP) is 0.536. The van der Waals surface area contributed by atoms with E-state index in [1.165, 1.54) is 0 Å². The summed E-state index contributed by atoms with van der Waals surface area (Å²) >= 11 is 0. The fourth-order valence-corrected chi connectivity index (χ4v) is 2.57. The number of rotatable bonds is 2. The van der Waals surface area contributed by atoms with Gasteiger partial charge in [0.2, 0.25) is 0 Å². The van der Waals surface area contributed by atoms with Gasteiger partial charge < -0.3 is 15.2 Å². The monoisotopic (exact) mass is 237 g/mol. The van der Waals surface area contributed by atoms with E-state index in [0.717, 1.165) is 24.1 Å². The molecule has 0 aromatic carbocycles.